The zero-order valence-corrected chi connectivity index (χ0v) is 18.2. The third-order valence-electron chi connectivity index (χ3n) is 4.76. The molecule has 1 aliphatic rings. The Labute approximate surface area is 173 Å². The van der Waals surface area contributed by atoms with Crippen LogP contribution in [0, 0.1) is 5.41 Å². The lowest BCUT2D eigenvalue weighted by atomic mass is 9.91. The molecule has 0 unspecified atom stereocenters. The number of nitrogens with zero attached hydrogens (tertiary/aromatic N) is 4. The predicted molar refractivity (Wildman–Crippen MR) is 118 cm³/mol. The molecule has 0 saturated heterocycles. The van der Waals surface area contributed by atoms with Gasteiger partial charge in [0.25, 0.3) is 0 Å². The highest BCUT2D eigenvalue weighted by Crippen LogP contribution is 2.41. The summed E-state index contributed by atoms with van der Waals surface area (Å²) in [6, 6.07) is 16.1. The van der Waals surface area contributed by atoms with Crippen LogP contribution in [0.4, 0.5) is 5.69 Å². The Morgan fingerprint density at radius 2 is 1.59 bits per heavy atom. The maximum Gasteiger partial charge on any atom is 0.232 e. The van der Waals surface area contributed by atoms with Gasteiger partial charge in [-0.25, -0.2) is 4.68 Å². The summed E-state index contributed by atoms with van der Waals surface area (Å²) < 4.78 is 1.81. The molecule has 0 atom stereocenters. The van der Waals surface area contributed by atoms with Crippen molar-refractivity contribution in [3.63, 3.8) is 0 Å². The van der Waals surface area contributed by atoms with E-state index >= 15 is 0 Å². The molecule has 0 fully saturated rings. The highest BCUT2D eigenvalue weighted by atomic mass is 16.2. The molecule has 1 aliphatic heterocycles. The fourth-order valence-corrected chi connectivity index (χ4v) is 3.48. The fourth-order valence-electron chi connectivity index (χ4n) is 3.48. The Bertz CT molecular complexity index is 1010. The largest absolute Gasteiger partial charge is 0.307 e. The minimum absolute atomic E-state index is 0.0899. The normalized spacial score (nSPS) is 12.6. The summed E-state index contributed by atoms with van der Waals surface area (Å²) in [7, 11) is 1.91. The van der Waals surface area contributed by atoms with Crippen molar-refractivity contribution in [3.05, 3.63) is 54.1 Å². The molecule has 4 rings (SSSR count). The van der Waals surface area contributed by atoms with E-state index in [1.807, 2.05) is 73.8 Å². The van der Waals surface area contributed by atoms with Gasteiger partial charge in [0.05, 0.1) is 17.9 Å². The van der Waals surface area contributed by atoms with Crippen LogP contribution < -0.4 is 4.90 Å². The van der Waals surface area contributed by atoms with Crippen LogP contribution in [0.3, 0.4) is 0 Å². The number of aryl methyl sites for hydroxylation is 1. The second-order valence-electron chi connectivity index (χ2n) is 8.43. The molecule has 2 heterocycles. The molecule has 5 heteroatoms. The number of rotatable bonds is 0. The summed E-state index contributed by atoms with van der Waals surface area (Å²) >= 11 is 0. The van der Waals surface area contributed by atoms with Gasteiger partial charge in [-0.05, 0) is 11.6 Å². The SMILES string of the molecule is CCC.Cn1nnc2c1-c1ccccc1CN(C(=O)C(C)(C)C)c1ccccc1-2. The Morgan fingerprint density at radius 1 is 1.00 bits per heavy atom. The Morgan fingerprint density at radius 3 is 2.24 bits per heavy atom. The van der Waals surface area contributed by atoms with Crippen molar-refractivity contribution in [3.8, 4) is 22.5 Å². The quantitative estimate of drug-likeness (QED) is 0.512. The van der Waals surface area contributed by atoms with Gasteiger partial charge in [0.15, 0.2) is 0 Å². The minimum Gasteiger partial charge on any atom is -0.307 e. The zero-order chi connectivity index (χ0) is 21.2. The molecule has 0 aliphatic carbocycles. The van der Waals surface area contributed by atoms with E-state index in [1.165, 1.54) is 6.42 Å². The van der Waals surface area contributed by atoms with Gasteiger partial charge < -0.3 is 4.90 Å². The summed E-state index contributed by atoms with van der Waals surface area (Å²) in [5.41, 5.74) is 5.28. The summed E-state index contributed by atoms with van der Waals surface area (Å²) in [6.07, 6.45) is 1.25. The number of para-hydroxylation sites is 1. The fraction of sp³-hybridized carbons (Fsp3) is 0.375. The van der Waals surface area contributed by atoms with Crippen LogP contribution in [0.15, 0.2) is 48.5 Å². The first-order valence-corrected chi connectivity index (χ1v) is 10.2. The summed E-state index contributed by atoms with van der Waals surface area (Å²) in [4.78, 5) is 15.1. The lowest BCUT2D eigenvalue weighted by molar-refractivity contribution is -0.125. The molecule has 152 valence electrons. The van der Waals surface area contributed by atoms with E-state index in [4.69, 9.17) is 0 Å². The highest BCUT2D eigenvalue weighted by molar-refractivity contribution is 6.02. The molecular weight excluding hydrogens is 360 g/mol. The number of hydrogen-bond acceptors (Lipinski definition) is 3. The molecule has 3 aromatic rings. The number of aromatic nitrogens is 3. The van der Waals surface area contributed by atoms with Crippen molar-refractivity contribution >= 4 is 11.6 Å². The van der Waals surface area contributed by atoms with E-state index in [0.29, 0.717) is 6.54 Å². The molecule has 0 saturated carbocycles. The van der Waals surface area contributed by atoms with Gasteiger partial charge in [-0.3, -0.25) is 4.79 Å². The zero-order valence-electron chi connectivity index (χ0n) is 18.2. The molecule has 0 radical (unpaired) electrons. The van der Waals surface area contributed by atoms with Gasteiger partial charge in [-0.1, -0.05) is 88.7 Å². The monoisotopic (exact) mass is 390 g/mol. The maximum absolute atomic E-state index is 13.3. The van der Waals surface area contributed by atoms with E-state index in [2.05, 4.69) is 36.3 Å². The van der Waals surface area contributed by atoms with Crippen molar-refractivity contribution < 1.29 is 4.79 Å². The van der Waals surface area contributed by atoms with E-state index in [-0.39, 0.29) is 5.91 Å². The van der Waals surface area contributed by atoms with Gasteiger partial charge >= 0.3 is 0 Å². The number of anilines is 1. The van der Waals surface area contributed by atoms with Crippen LogP contribution >= 0.6 is 0 Å². The van der Waals surface area contributed by atoms with Gasteiger partial charge in [0.1, 0.15) is 5.69 Å². The number of hydrogen-bond donors (Lipinski definition) is 0. The first kappa shape index (κ1) is 20.8. The number of amides is 1. The second kappa shape index (κ2) is 8.19. The number of carbonyl (C=O) groups is 1. The van der Waals surface area contributed by atoms with Crippen molar-refractivity contribution in [2.45, 2.75) is 47.6 Å². The average Bonchev–Trinajstić information content (AvgIpc) is 3.05. The van der Waals surface area contributed by atoms with Crippen LogP contribution in [0.1, 0.15) is 46.6 Å². The van der Waals surface area contributed by atoms with Crippen LogP contribution in [0.25, 0.3) is 22.5 Å². The van der Waals surface area contributed by atoms with E-state index < -0.39 is 5.41 Å². The van der Waals surface area contributed by atoms with Crippen molar-refractivity contribution in [2.75, 3.05) is 4.90 Å². The number of benzene rings is 2. The summed E-state index contributed by atoms with van der Waals surface area (Å²) in [5.74, 6) is 0.0899. The standard InChI is InChI=1S/C21H22N4O.C3H8/c1-21(2,3)20(26)25-13-14-9-5-6-10-15(14)19-18(22-23-24(19)4)16-11-7-8-12-17(16)25;1-3-2/h5-12H,13H2,1-4H3;3H2,1-2H3. The predicted octanol–water partition coefficient (Wildman–Crippen LogP) is 5.46. The number of carbonyl (C=O) groups excluding carboxylic acids is 1. The molecule has 29 heavy (non-hydrogen) atoms. The minimum atomic E-state index is -0.480. The van der Waals surface area contributed by atoms with Crippen molar-refractivity contribution in [1.29, 1.82) is 0 Å². The van der Waals surface area contributed by atoms with Gasteiger partial charge in [-0.15, -0.1) is 5.10 Å². The van der Waals surface area contributed by atoms with Crippen LogP contribution in [0.2, 0.25) is 0 Å². The molecule has 0 bridgehead atoms. The van der Waals surface area contributed by atoms with Gasteiger partial charge in [0.2, 0.25) is 5.91 Å². The molecule has 5 nitrogen and oxygen atoms in total. The lowest BCUT2D eigenvalue weighted by Crippen LogP contribution is -2.39. The third kappa shape index (κ3) is 3.95. The molecule has 0 N–H and O–H groups in total. The molecule has 1 aromatic heterocycles. The van der Waals surface area contributed by atoms with Gasteiger partial charge in [-0.2, -0.15) is 0 Å². The van der Waals surface area contributed by atoms with Crippen molar-refractivity contribution in [1.82, 2.24) is 15.0 Å². The summed E-state index contributed by atoms with van der Waals surface area (Å²) in [5, 5.41) is 8.69. The molecular formula is C24H30N4O. The van der Waals surface area contributed by atoms with E-state index in [0.717, 1.165) is 33.8 Å². The summed E-state index contributed by atoms with van der Waals surface area (Å²) in [6.45, 7) is 10.6. The van der Waals surface area contributed by atoms with Crippen molar-refractivity contribution in [2.24, 2.45) is 12.5 Å². The van der Waals surface area contributed by atoms with E-state index in [1.54, 1.807) is 0 Å². The smallest absolute Gasteiger partial charge is 0.232 e. The highest BCUT2D eigenvalue weighted by Gasteiger charge is 2.33. The lowest BCUT2D eigenvalue weighted by Gasteiger charge is -2.33. The molecule has 2 aromatic carbocycles. The second-order valence-corrected chi connectivity index (χ2v) is 8.43. The first-order chi connectivity index (χ1) is 13.8. The van der Waals surface area contributed by atoms with Crippen LogP contribution in [-0.2, 0) is 18.4 Å². The Kier molecular flexibility index (Phi) is 5.87. The molecule has 0 spiro atoms. The third-order valence-corrected chi connectivity index (χ3v) is 4.76. The van der Waals surface area contributed by atoms with E-state index in [9.17, 15) is 4.79 Å². The Balaban J connectivity index is 0.000000755. The van der Waals surface area contributed by atoms with Crippen LogP contribution in [-0.4, -0.2) is 20.9 Å². The Hall–Kier alpha value is -2.95. The maximum atomic E-state index is 13.3. The average molecular weight is 391 g/mol. The topological polar surface area (TPSA) is 51.0 Å². The first-order valence-electron chi connectivity index (χ1n) is 10.2. The molecule has 1 amide bonds. The number of fused-ring (bicyclic) bond motifs is 5. The van der Waals surface area contributed by atoms with Crippen LogP contribution in [0.5, 0.6) is 0 Å². The van der Waals surface area contributed by atoms with Gasteiger partial charge in [0, 0.05) is 23.6 Å².